The number of hydrogen-bond acceptors (Lipinski definition) is 2. The number of carbonyl (C=O) groups excluding carboxylic acids is 1. The molecular weight excluding hydrogens is 233 g/mol. The SMILES string of the molecule is CC(C)Oc1ccc(NC(=O)C(C)(C)C)cc1F. The second-order valence-electron chi connectivity index (χ2n) is 5.52. The summed E-state index contributed by atoms with van der Waals surface area (Å²) in [5.74, 6) is -0.436. The number of benzene rings is 1. The number of nitrogens with one attached hydrogen (secondary N) is 1. The van der Waals surface area contributed by atoms with Crippen molar-refractivity contribution in [1.29, 1.82) is 0 Å². The first kappa shape index (κ1) is 14.5. The Kier molecular flexibility index (Phi) is 4.33. The van der Waals surface area contributed by atoms with E-state index in [0.717, 1.165) is 0 Å². The molecule has 1 amide bonds. The van der Waals surface area contributed by atoms with Gasteiger partial charge in [0.1, 0.15) is 0 Å². The first-order valence-corrected chi connectivity index (χ1v) is 5.98. The van der Waals surface area contributed by atoms with Crippen LogP contribution in [0.5, 0.6) is 5.75 Å². The summed E-state index contributed by atoms with van der Waals surface area (Å²) in [7, 11) is 0. The van der Waals surface area contributed by atoms with Gasteiger partial charge in [0.05, 0.1) is 6.10 Å². The van der Waals surface area contributed by atoms with Crippen LogP contribution >= 0.6 is 0 Å². The van der Waals surface area contributed by atoms with Gasteiger partial charge in [-0.3, -0.25) is 4.79 Å². The Hall–Kier alpha value is -1.58. The Bertz CT molecular complexity index is 436. The van der Waals surface area contributed by atoms with Gasteiger partial charge in [-0.25, -0.2) is 4.39 Å². The minimum absolute atomic E-state index is 0.0884. The summed E-state index contributed by atoms with van der Waals surface area (Å²) in [6, 6.07) is 4.42. The van der Waals surface area contributed by atoms with Gasteiger partial charge in [-0.15, -0.1) is 0 Å². The van der Waals surface area contributed by atoms with Crippen molar-refractivity contribution in [2.75, 3.05) is 5.32 Å². The van der Waals surface area contributed by atoms with Crippen molar-refractivity contribution in [2.45, 2.75) is 40.7 Å². The van der Waals surface area contributed by atoms with Crippen molar-refractivity contribution in [3.8, 4) is 5.75 Å². The Morgan fingerprint density at radius 3 is 2.39 bits per heavy atom. The van der Waals surface area contributed by atoms with Gasteiger partial charge >= 0.3 is 0 Å². The van der Waals surface area contributed by atoms with E-state index in [1.54, 1.807) is 26.8 Å². The number of anilines is 1. The fourth-order valence-electron chi connectivity index (χ4n) is 1.25. The Morgan fingerprint density at radius 1 is 1.33 bits per heavy atom. The van der Waals surface area contributed by atoms with Gasteiger partial charge in [-0.1, -0.05) is 20.8 Å². The molecule has 1 aromatic rings. The first-order chi connectivity index (χ1) is 8.20. The lowest BCUT2D eigenvalue weighted by molar-refractivity contribution is -0.123. The average Bonchev–Trinajstić information content (AvgIpc) is 2.20. The van der Waals surface area contributed by atoms with Crippen molar-refractivity contribution in [2.24, 2.45) is 5.41 Å². The number of rotatable bonds is 3. The second-order valence-corrected chi connectivity index (χ2v) is 5.52. The van der Waals surface area contributed by atoms with E-state index in [4.69, 9.17) is 4.74 Å². The smallest absolute Gasteiger partial charge is 0.229 e. The second kappa shape index (κ2) is 5.38. The van der Waals surface area contributed by atoms with Gasteiger partial charge in [-0.2, -0.15) is 0 Å². The third-order valence-corrected chi connectivity index (χ3v) is 2.23. The standard InChI is InChI=1S/C14H20FNO2/c1-9(2)18-12-7-6-10(8-11(12)15)16-13(17)14(3,4)5/h6-9H,1-5H3,(H,16,17). The van der Waals surface area contributed by atoms with Crippen molar-refractivity contribution in [1.82, 2.24) is 0 Å². The molecule has 0 saturated heterocycles. The summed E-state index contributed by atoms with van der Waals surface area (Å²) < 4.78 is 19.0. The molecule has 1 N–H and O–H groups in total. The van der Waals surface area contributed by atoms with E-state index < -0.39 is 11.2 Å². The van der Waals surface area contributed by atoms with Crippen molar-refractivity contribution < 1.29 is 13.9 Å². The van der Waals surface area contributed by atoms with Crippen LogP contribution in [-0.4, -0.2) is 12.0 Å². The predicted octanol–water partition coefficient (Wildman–Crippen LogP) is 3.60. The Balaban J connectivity index is 2.82. The van der Waals surface area contributed by atoms with Crippen molar-refractivity contribution in [3.05, 3.63) is 24.0 Å². The zero-order valence-corrected chi connectivity index (χ0v) is 11.5. The maximum Gasteiger partial charge on any atom is 0.229 e. The summed E-state index contributed by atoms with van der Waals surface area (Å²) in [6.45, 7) is 9.06. The van der Waals surface area contributed by atoms with Crippen LogP contribution in [0.1, 0.15) is 34.6 Å². The topological polar surface area (TPSA) is 38.3 Å². The van der Waals surface area contributed by atoms with Crippen molar-refractivity contribution >= 4 is 11.6 Å². The highest BCUT2D eigenvalue weighted by Gasteiger charge is 2.21. The molecule has 1 aromatic carbocycles. The highest BCUT2D eigenvalue weighted by Crippen LogP contribution is 2.24. The quantitative estimate of drug-likeness (QED) is 0.893. The van der Waals surface area contributed by atoms with Gasteiger partial charge in [0, 0.05) is 17.2 Å². The average molecular weight is 253 g/mol. The molecule has 0 aromatic heterocycles. The fourth-order valence-corrected chi connectivity index (χ4v) is 1.25. The lowest BCUT2D eigenvalue weighted by atomic mass is 9.95. The van der Waals surface area contributed by atoms with E-state index in [1.807, 2.05) is 13.8 Å². The number of amides is 1. The van der Waals surface area contributed by atoms with E-state index in [1.165, 1.54) is 12.1 Å². The van der Waals surface area contributed by atoms with Crippen LogP contribution in [0.4, 0.5) is 10.1 Å². The van der Waals surface area contributed by atoms with Gasteiger partial charge in [0.15, 0.2) is 11.6 Å². The van der Waals surface area contributed by atoms with E-state index >= 15 is 0 Å². The highest BCUT2D eigenvalue weighted by atomic mass is 19.1. The lowest BCUT2D eigenvalue weighted by Crippen LogP contribution is -2.27. The van der Waals surface area contributed by atoms with Crippen LogP contribution in [-0.2, 0) is 4.79 Å². The van der Waals surface area contributed by atoms with Crippen LogP contribution < -0.4 is 10.1 Å². The molecular formula is C14H20FNO2. The van der Waals surface area contributed by atoms with Gasteiger partial charge in [0.2, 0.25) is 5.91 Å². The molecule has 0 aliphatic rings. The first-order valence-electron chi connectivity index (χ1n) is 5.98. The molecule has 0 aliphatic carbocycles. The fraction of sp³-hybridized carbons (Fsp3) is 0.500. The summed E-state index contributed by atoms with van der Waals surface area (Å²) in [6.07, 6.45) is -0.0884. The molecule has 0 saturated carbocycles. The van der Waals surface area contributed by atoms with Crippen LogP contribution in [0.15, 0.2) is 18.2 Å². The molecule has 3 nitrogen and oxygen atoms in total. The monoisotopic (exact) mass is 253 g/mol. The zero-order chi connectivity index (χ0) is 13.9. The van der Waals surface area contributed by atoms with E-state index in [2.05, 4.69) is 5.32 Å². The molecule has 1 rings (SSSR count). The molecule has 18 heavy (non-hydrogen) atoms. The molecule has 0 atom stereocenters. The third-order valence-electron chi connectivity index (χ3n) is 2.23. The summed E-state index contributed by atoms with van der Waals surface area (Å²) >= 11 is 0. The molecule has 0 unspecified atom stereocenters. The van der Waals surface area contributed by atoms with E-state index in [-0.39, 0.29) is 17.8 Å². The predicted molar refractivity (Wildman–Crippen MR) is 70.2 cm³/mol. The molecule has 4 heteroatoms. The zero-order valence-electron chi connectivity index (χ0n) is 11.5. The molecule has 100 valence electrons. The minimum Gasteiger partial charge on any atom is -0.488 e. The van der Waals surface area contributed by atoms with Gasteiger partial charge < -0.3 is 10.1 Å². The van der Waals surface area contributed by atoms with Gasteiger partial charge in [0.25, 0.3) is 0 Å². The van der Waals surface area contributed by atoms with E-state index in [0.29, 0.717) is 5.69 Å². The summed E-state index contributed by atoms with van der Waals surface area (Å²) in [5.41, 5.74) is -0.0765. The summed E-state index contributed by atoms with van der Waals surface area (Å²) in [5, 5.41) is 2.67. The van der Waals surface area contributed by atoms with Crippen LogP contribution in [0.3, 0.4) is 0 Å². The van der Waals surface area contributed by atoms with Crippen LogP contribution in [0.2, 0.25) is 0 Å². The molecule has 0 aliphatic heterocycles. The molecule has 0 spiro atoms. The maximum atomic E-state index is 13.7. The third kappa shape index (κ3) is 4.02. The highest BCUT2D eigenvalue weighted by molar-refractivity contribution is 5.94. The molecule has 0 fully saturated rings. The molecule has 0 radical (unpaired) electrons. The largest absolute Gasteiger partial charge is 0.488 e. The number of carbonyl (C=O) groups is 1. The van der Waals surface area contributed by atoms with Gasteiger partial charge in [-0.05, 0) is 26.0 Å². The van der Waals surface area contributed by atoms with Crippen molar-refractivity contribution in [3.63, 3.8) is 0 Å². The normalized spacial score (nSPS) is 11.5. The number of ether oxygens (including phenoxy) is 1. The lowest BCUT2D eigenvalue weighted by Gasteiger charge is -2.18. The Labute approximate surface area is 107 Å². The molecule has 0 bridgehead atoms. The van der Waals surface area contributed by atoms with E-state index in [9.17, 15) is 9.18 Å². The minimum atomic E-state index is -0.510. The van der Waals surface area contributed by atoms with Crippen LogP contribution in [0.25, 0.3) is 0 Å². The molecule has 0 heterocycles. The Morgan fingerprint density at radius 2 is 1.94 bits per heavy atom. The maximum absolute atomic E-state index is 13.7. The number of halogens is 1. The summed E-state index contributed by atoms with van der Waals surface area (Å²) in [4.78, 5) is 11.7. The van der Waals surface area contributed by atoms with Crippen LogP contribution in [0, 0.1) is 11.2 Å². The number of hydrogen-bond donors (Lipinski definition) is 1.